The minimum atomic E-state index is -0.781. The topological polar surface area (TPSA) is 79.0 Å². The molecular weight excluding hydrogens is 262 g/mol. The molecular formula is C13H23N3O4. The summed E-state index contributed by atoms with van der Waals surface area (Å²) in [7, 11) is 3.50. The highest BCUT2D eigenvalue weighted by Gasteiger charge is 2.41. The summed E-state index contributed by atoms with van der Waals surface area (Å²) in [5, 5.41) is 2.24. The van der Waals surface area contributed by atoms with Crippen molar-refractivity contribution in [2.75, 3.05) is 40.4 Å². The molecule has 0 aliphatic carbocycles. The summed E-state index contributed by atoms with van der Waals surface area (Å²) in [5.41, 5.74) is 0. The predicted octanol–water partition coefficient (Wildman–Crippen LogP) is -0.0848. The number of rotatable bonds is 7. The van der Waals surface area contributed by atoms with E-state index < -0.39 is 23.8 Å². The lowest BCUT2D eigenvalue weighted by Gasteiger charge is -2.32. The summed E-state index contributed by atoms with van der Waals surface area (Å²) in [6.45, 7) is 5.70. The molecule has 114 valence electrons. The van der Waals surface area contributed by atoms with Gasteiger partial charge in [-0.2, -0.15) is 0 Å². The molecule has 0 radical (unpaired) electrons. The Morgan fingerprint density at radius 3 is 2.50 bits per heavy atom. The van der Waals surface area contributed by atoms with Crippen molar-refractivity contribution in [2.45, 2.75) is 13.8 Å². The van der Waals surface area contributed by atoms with Gasteiger partial charge in [0.25, 0.3) is 0 Å². The molecule has 1 rings (SSSR count). The van der Waals surface area contributed by atoms with Crippen molar-refractivity contribution in [2.24, 2.45) is 11.8 Å². The summed E-state index contributed by atoms with van der Waals surface area (Å²) >= 11 is 0. The molecule has 1 unspecified atom stereocenters. The number of methoxy groups -OCH3 is 1. The first kappa shape index (κ1) is 16.6. The van der Waals surface area contributed by atoms with Gasteiger partial charge in [-0.1, -0.05) is 13.8 Å². The summed E-state index contributed by atoms with van der Waals surface area (Å²) < 4.78 is 4.96. The van der Waals surface area contributed by atoms with Crippen LogP contribution in [0.15, 0.2) is 0 Å². The Hall–Kier alpha value is -1.47. The van der Waals surface area contributed by atoms with Crippen LogP contribution in [0.1, 0.15) is 13.8 Å². The van der Waals surface area contributed by atoms with E-state index in [1.807, 2.05) is 11.9 Å². The van der Waals surface area contributed by atoms with Crippen molar-refractivity contribution in [3.63, 3.8) is 0 Å². The van der Waals surface area contributed by atoms with Gasteiger partial charge >= 0.3 is 6.03 Å². The van der Waals surface area contributed by atoms with E-state index in [1.54, 1.807) is 21.0 Å². The Morgan fingerprint density at radius 2 is 1.95 bits per heavy atom. The minimum Gasteiger partial charge on any atom is -0.383 e. The molecule has 0 bridgehead atoms. The molecule has 1 aliphatic rings. The number of hydrogen-bond donors (Lipinski definition) is 1. The van der Waals surface area contributed by atoms with Gasteiger partial charge in [-0.15, -0.1) is 0 Å². The molecule has 7 heteroatoms. The molecule has 0 aromatic carbocycles. The number of barbiturate groups is 1. The summed E-state index contributed by atoms with van der Waals surface area (Å²) in [6, 6.07) is -0.628. The second-order valence-corrected chi connectivity index (χ2v) is 5.30. The van der Waals surface area contributed by atoms with E-state index in [4.69, 9.17) is 4.74 Å². The van der Waals surface area contributed by atoms with Crippen molar-refractivity contribution in [1.29, 1.82) is 0 Å². The highest BCUT2D eigenvalue weighted by molar-refractivity contribution is 6.16. The van der Waals surface area contributed by atoms with Crippen molar-refractivity contribution < 1.29 is 19.1 Å². The number of hydrogen-bond acceptors (Lipinski definition) is 5. The molecule has 20 heavy (non-hydrogen) atoms. The fraction of sp³-hybridized carbons (Fsp3) is 0.769. The number of imide groups is 2. The smallest absolute Gasteiger partial charge is 0.330 e. The minimum absolute atomic E-state index is 0.135. The molecule has 1 atom stereocenters. The number of amides is 4. The lowest BCUT2D eigenvalue weighted by Crippen LogP contribution is -2.60. The Labute approximate surface area is 119 Å². The monoisotopic (exact) mass is 285 g/mol. The highest BCUT2D eigenvalue weighted by atomic mass is 16.5. The molecule has 1 fully saturated rings. The molecule has 0 aromatic heterocycles. The first-order valence-electron chi connectivity index (χ1n) is 6.72. The standard InChI is InChI=1S/C13H23N3O4/c1-9(2)10-11(17)14-13(19)16(12(10)18)6-5-15(3)7-8-20-4/h9-10H,5-8H2,1-4H3,(H,14,17,19). The van der Waals surface area contributed by atoms with E-state index in [2.05, 4.69) is 5.32 Å². The van der Waals surface area contributed by atoms with Crippen LogP contribution in [-0.4, -0.2) is 68.0 Å². The molecule has 7 nitrogen and oxygen atoms in total. The molecule has 1 N–H and O–H groups in total. The maximum absolute atomic E-state index is 12.2. The normalized spacial score (nSPS) is 20.0. The van der Waals surface area contributed by atoms with E-state index in [1.165, 1.54) is 0 Å². The van der Waals surface area contributed by atoms with Gasteiger partial charge in [-0.25, -0.2) is 4.79 Å². The van der Waals surface area contributed by atoms with Crippen molar-refractivity contribution in [3.05, 3.63) is 0 Å². The average molecular weight is 285 g/mol. The van der Waals surface area contributed by atoms with Gasteiger partial charge in [0.15, 0.2) is 0 Å². The van der Waals surface area contributed by atoms with Crippen LogP contribution in [0.4, 0.5) is 4.79 Å². The van der Waals surface area contributed by atoms with Crippen LogP contribution in [0.2, 0.25) is 0 Å². The predicted molar refractivity (Wildman–Crippen MR) is 73.0 cm³/mol. The second kappa shape index (κ2) is 7.35. The van der Waals surface area contributed by atoms with E-state index >= 15 is 0 Å². The Morgan fingerprint density at radius 1 is 1.30 bits per heavy atom. The number of likely N-dealkylation sites (N-methyl/N-ethyl adjacent to an activating group) is 1. The highest BCUT2D eigenvalue weighted by Crippen LogP contribution is 2.18. The van der Waals surface area contributed by atoms with Crippen molar-refractivity contribution in [3.8, 4) is 0 Å². The van der Waals surface area contributed by atoms with E-state index in [9.17, 15) is 14.4 Å². The first-order valence-corrected chi connectivity index (χ1v) is 6.72. The van der Waals surface area contributed by atoms with Crippen LogP contribution in [-0.2, 0) is 14.3 Å². The van der Waals surface area contributed by atoms with Gasteiger partial charge in [0.1, 0.15) is 5.92 Å². The molecule has 1 saturated heterocycles. The number of urea groups is 1. The van der Waals surface area contributed by atoms with Gasteiger partial charge < -0.3 is 9.64 Å². The number of nitrogens with one attached hydrogen (secondary N) is 1. The fourth-order valence-corrected chi connectivity index (χ4v) is 2.06. The third kappa shape index (κ3) is 4.01. The number of carbonyl (C=O) groups is 3. The molecule has 0 saturated carbocycles. The first-order chi connectivity index (χ1) is 9.38. The second-order valence-electron chi connectivity index (χ2n) is 5.30. The van der Waals surface area contributed by atoms with Crippen LogP contribution in [0.5, 0.6) is 0 Å². The van der Waals surface area contributed by atoms with Crippen molar-refractivity contribution >= 4 is 17.8 Å². The lowest BCUT2D eigenvalue weighted by molar-refractivity contribution is -0.144. The summed E-state index contributed by atoms with van der Waals surface area (Å²) in [6.07, 6.45) is 0. The third-order valence-corrected chi connectivity index (χ3v) is 3.34. The summed E-state index contributed by atoms with van der Waals surface area (Å²) in [5.74, 6) is -1.82. The van der Waals surface area contributed by atoms with Crippen LogP contribution < -0.4 is 5.32 Å². The average Bonchev–Trinajstić information content (AvgIpc) is 2.34. The lowest BCUT2D eigenvalue weighted by atomic mass is 9.92. The third-order valence-electron chi connectivity index (χ3n) is 3.34. The van der Waals surface area contributed by atoms with Crippen LogP contribution in [0.25, 0.3) is 0 Å². The fourth-order valence-electron chi connectivity index (χ4n) is 2.06. The zero-order valence-corrected chi connectivity index (χ0v) is 12.5. The Kier molecular flexibility index (Phi) is 6.09. The Bertz CT molecular complexity index is 384. The molecule has 0 aromatic rings. The number of nitrogens with zero attached hydrogens (tertiary/aromatic N) is 2. The van der Waals surface area contributed by atoms with Crippen molar-refractivity contribution in [1.82, 2.24) is 15.1 Å². The van der Waals surface area contributed by atoms with Crippen LogP contribution in [0, 0.1) is 11.8 Å². The van der Waals surface area contributed by atoms with Crippen LogP contribution >= 0.6 is 0 Å². The van der Waals surface area contributed by atoms with Gasteiger partial charge in [0.05, 0.1) is 6.61 Å². The van der Waals surface area contributed by atoms with E-state index in [0.29, 0.717) is 19.7 Å². The summed E-state index contributed by atoms with van der Waals surface area (Å²) in [4.78, 5) is 38.7. The van der Waals surface area contributed by atoms with Gasteiger partial charge in [-0.3, -0.25) is 19.8 Å². The molecule has 1 heterocycles. The Balaban J connectivity index is 2.61. The molecule has 1 aliphatic heterocycles. The number of carbonyl (C=O) groups excluding carboxylic acids is 3. The SMILES string of the molecule is COCCN(C)CCN1C(=O)NC(=O)C(C(C)C)C1=O. The van der Waals surface area contributed by atoms with Gasteiger partial charge in [0.2, 0.25) is 11.8 Å². The van der Waals surface area contributed by atoms with Crippen LogP contribution in [0.3, 0.4) is 0 Å². The zero-order valence-electron chi connectivity index (χ0n) is 12.5. The van der Waals surface area contributed by atoms with Gasteiger partial charge in [-0.05, 0) is 13.0 Å². The molecule has 0 spiro atoms. The molecule has 4 amide bonds. The maximum Gasteiger partial charge on any atom is 0.330 e. The van der Waals surface area contributed by atoms with Gasteiger partial charge in [0, 0.05) is 26.7 Å². The number of ether oxygens (including phenoxy) is 1. The largest absolute Gasteiger partial charge is 0.383 e. The quantitative estimate of drug-likeness (QED) is 0.662. The maximum atomic E-state index is 12.2. The zero-order chi connectivity index (χ0) is 15.3. The van der Waals surface area contributed by atoms with E-state index in [-0.39, 0.29) is 12.5 Å². The van der Waals surface area contributed by atoms with E-state index in [0.717, 1.165) is 4.90 Å².